The highest BCUT2D eigenvalue weighted by Gasteiger charge is 2.31. The van der Waals surface area contributed by atoms with Crippen LogP contribution in [0.1, 0.15) is 20.8 Å². The summed E-state index contributed by atoms with van der Waals surface area (Å²) < 4.78 is 0. The molecular weight excluding hydrogens is 172 g/mol. The molecule has 1 unspecified atom stereocenters. The van der Waals surface area contributed by atoms with Gasteiger partial charge in [-0.15, -0.1) is 0 Å². The van der Waals surface area contributed by atoms with E-state index < -0.39 is 0 Å². The van der Waals surface area contributed by atoms with E-state index in [4.69, 9.17) is 0 Å². The van der Waals surface area contributed by atoms with Crippen LogP contribution in [0.25, 0.3) is 0 Å². The van der Waals surface area contributed by atoms with Gasteiger partial charge in [0.05, 0.1) is 17.5 Å². The third-order valence-corrected chi connectivity index (χ3v) is 3.06. The number of nitrogens with zero attached hydrogens (tertiary/aromatic N) is 2. The van der Waals surface area contributed by atoms with Gasteiger partial charge in [0, 0.05) is 13.1 Å². The lowest BCUT2D eigenvalue weighted by molar-refractivity contribution is 0.595. The van der Waals surface area contributed by atoms with E-state index in [0.29, 0.717) is 12.2 Å². The van der Waals surface area contributed by atoms with Gasteiger partial charge in [0.25, 0.3) is 0 Å². The maximum absolute atomic E-state index is 2.45. The summed E-state index contributed by atoms with van der Waals surface area (Å²) in [6.45, 7) is 6.74. The zero-order chi connectivity index (χ0) is 10.3. The van der Waals surface area contributed by atoms with Crippen molar-refractivity contribution in [3.05, 3.63) is 24.3 Å². The topological polar surface area (TPSA) is 6.48 Å². The standard InChI is InChI=1S/C12H18N2/c1-9(2)14-10(3)13(4)11-7-5-6-8-12(11)14/h5-10H,1-4H3. The van der Waals surface area contributed by atoms with Crippen LogP contribution in [0.4, 0.5) is 11.4 Å². The number of anilines is 2. The van der Waals surface area contributed by atoms with Crippen molar-refractivity contribution in [1.29, 1.82) is 0 Å². The first-order valence-corrected chi connectivity index (χ1v) is 5.23. The van der Waals surface area contributed by atoms with Gasteiger partial charge in [-0.25, -0.2) is 0 Å². The molecule has 0 fully saturated rings. The molecule has 0 aliphatic carbocycles. The van der Waals surface area contributed by atoms with Gasteiger partial charge in [0.2, 0.25) is 0 Å². The van der Waals surface area contributed by atoms with E-state index in [2.05, 4.69) is 61.9 Å². The maximum atomic E-state index is 2.45. The number of fused-ring (bicyclic) bond motifs is 1. The highest BCUT2D eigenvalue weighted by atomic mass is 15.4. The van der Waals surface area contributed by atoms with Crippen LogP contribution in [-0.4, -0.2) is 19.3 Å². The zero-order valence-corrected chi connectivity index (χ0v) is 9.36. The highest BCUT2D eigenvalue weighted by Crippen LogP contribution is 2.39. The van der Waals surface area contributed by atoms with Crippen molar-refractivity contribution in [1.82, 2.24) is 0 Å². The molecule has 0 bridgehead atoms. The van der Waals surface area contributed by atoms with E-state index in [0.717, 1.165) is 0 Å². The molecule has 2 rings (SSSR count). The van der Waals surface area contributed by atoms with Crippen LogP contribution in [-0.2, 0) is 0 Å². The monoisotopic (exact) mass is 190 g/mol. The van der Waals surface area contributed by atoms with Gasteiger partial charge in [-0.3, -0.25) is 0 Å². The van der Waals surface area contributed by atoms with Crippen molar-refractivity contribution in [2.75, 3.05) is 16.8 Å². The lowest BCUT2D eigenvalue weighted by Crippen LogP contribution is -2.42. The van der Waals surface area contributed by atoms with E-state index >= 15 is 0 Å². The summed E-state index contributed by atoms with van der Waals surface area (Å²) in [7, 11) is 2.16. The van der Waals surface area contributed by atoms with Crippen molar-refractivity contribution in [2.45, 2.75) is 33.0 Å². The Hall–Kier alpha value is -1.18. The minimum atomic E-state index is 0.465. The van der Waals surface area contributed by atoms with Gasteiger partial charge in [0.15, 0.2) is 0 Å². The van der Waals surface area contributed by atoms with Crippen LogP contribution in [0.2, 0.25) is 0 Å². The summed E-state index contributed by atoms with van der Waals surface area (Å²) in [5.41, 5.74) is 2.70. The van der Waals surface area contributed by atoms with Crippen molar-refractivity contribution >= 4 is 11.4 Å². The number of hydrogen-bond donors (Lipinski definition) is 0. The second-order valence-electron chi connectivity index (χ2n) is 4.23. The summed E-state index contributed by atoms with van der Waals surface area (Å²) in [6, 6.07) is 9.16. The van der Waals surface area contributed by atoms with Crippen molar-refractivity contribution in [3.8, 4) is 0 Å². The first kappa shape index (κ1) is 9.38. The van der Waals surface area contributed by atoms with Gasteiger partial charge >= 0.3 is 0 Å². The summed E-state index contributed by atoms with van der Waals surface area (Å²) in [5.74, 6) is 0. The molecule has 0 amide bonds. The molecule has 1 aliphatic heterocycles. The average Bonchev–Trinajstić information content (AvgIpc) is 2.41. The molecule has 2 heteroatoms. The lowest BCUT2D eigenvalue weighted by atomic mass is 10.2. The summed E-state index contributed by atoms with van der Waals surface area (Å²) >= 11 is 0. The SMILES string of the molecule is CC(C)N1c2ccccc2N(C)C1C. The number of benzene rings is 1. The van der Waals surface area contributed by atoms with E-state index in [1.165, 1.54) is 11.4 Å². The Bertz CT molecular complexity index is 333. The van der Waals surface area contributed by atoms with Crippen molar-refractivity contribution in [3.63, 3.8) is 0 Å². The van der Waals surface area contributed by atoms with Crippen molar-refractivity contribution in [2.24, 2.45) is 0 Å². The Labute approximate surface area is 86.1 Å². The fourth-order valence-electron chi connectivity index (χ4n) is 2.28. The van der Waals surface area contributed by atoms with Crippen LogP contribution >= 0.6 is 0 Å². The molecule has 1 heterocycles. The van der Waals surface area contributed by atoms with Gasteiger partial charge in [-0.1, -0.05) is 12.1 Å². The molecule has 1 aromatic rings. The average molecular weight is 190 g/mol. The predicted octanol–water partition coefficient (Wildman–Crippen LogP) is 2.70. The molecule has 2 nitrogen and oxygen atoms in total. The third-order valence-electron chi connectivity index (χ3n) is 3.06. The predicted molar refractivity (Wildman–Crippen MR) is 61.9 cm³/mol. The molecule has 0 radical (unpaired) electrons. The van der Waals surface area contributed by atoms with Crippen LogP contribution < -0.4 is 9.80 Å². The molecule has 0 N–H and O–H groups in total. The largest absolute Gasteiger partial charge is 0.353 e. The summed E-state index contributed by atoms with van der Waals surface area (Å²) in [5, 5.41) is 0. The molecule has 76 valence electrons. The Morgan fingerprint density at radius 1 is 1.14 bits per heavy atom. The minimum absolute atomic E-state index is 0.465. The zero-order valence-electron chi connectivity index (χ0n) is 9.36. The minimum Gasteiger partial charge on any atom is -0.353 e. The molecule has 0 saturated heterocycles. The summed E-state index contributed by atoms with van der Waals surface area (Å²) in [4.78, 5) is 4.78. The Morgan fingerprint density at radius 3 is 2.29 bits per heavy atom. The first-order valence-electron chi connectivity index (χ1n) is 5.23. The van der Waals surface area contributed by atoms with Crippen molar-refractivity contribution < 1.29 is 0 Å². The second-order valence-corrected chi connectivity index (χ2v) is 4.23. The normalized spacial score (nSPS) is 20.5. The number of para-hydroxylation sites is 2. The van der Waals surface area contributed by atoms with E-state index in [-0.39, 0.29) is 0 Å². The third kappa shape index (κ3) is 1.17. The fourth-order valence-corrected chi connectivity index (χ4v) is 2.28. The molecule has 0 saturated carbocycles. The smallest absolute Gasteiger partial charge is 0.0987 e. The van der Waals surface area contributed by atoms with Crippen LogP contribution in [0.3, 0.4) is 0 Å². The fraction of sp³-hybridized carbons (Fsp3) is 0.500. The van der Waals surface area contributed by atoms with Crippen LogP contribution in [0, 0.1) is 0 Å². The molecular formula is C12H18N2. The number of rotatable bonds is 1. The van der Waals surface area contributed by atoms with E-state index in [9.17, 15) is 0 Å². The second kappa shape index (κ2) is 3.19. The van der Waals surface area contributed by atoms with E-state index in [1.807, 2.05) is 0 Å². The van der Waals surface area contributed by atoms with Crippen LogP contribution in [0.5, 0.6) is 0 Å². The first-order chi connectivity index (χ1) is 6.63. The molecule has 1 aromatic carbocycles. The van der Waals surface area contributed by atoms with Crippen LogP contribution in [0.15, 0.2) is 24.3 Å². The van der Waals surface area contributed by atoms with E-state index in [1.54, 1.807) is 0 Å². The Kier molecular flexibility index (Phi) is 2.14. The Morgan fingerprint density at radius 2 is 1.71 bits per heavy atom. The van der Waals surface area contributed by atoms with Gasteiger partial charge in [0.1, 0.15) is 0 Å². The Balaban J connectivity index is 2.48. The molecule has 0 aromatic heterocycles. The number of hydrogen-bond acceptors (Lipinski definition) is 2. The van der Waals surface area contributed by atoms with Gasteiger partial charge in [-0.2, -0.15) is 0 Å². The molecule has 1 atom stereocenters. The molecule has 14 heavy (non-hydrogen) atoms. The maximum Gasteiger partial charge on any atom is 0.0987 e. The van der Waals surface area contributed by atoms with Gasteiger partial charge in [-0.05, 0) is 32.9 Å². The highest BCUT2D eigenvalue weighted by molar-refractivity contribution is 5.77. The molecule has 0 spiro atoms. The molecule has 1 aliphatic rings. The quantitative estimate of drug-likeness (QED) is 0.672. The summed E-state index contributed by atoms with van der Waals surface area (Å²) in [6.07, 6.45) is 0.465. The lowest BCUT2D eigenvalue weighted by Gasteiger charge is -2.31. The van der Waals surface area contributed by atoms with Gasteiger partial charge < -0.3 is 9.80 Å².